The van der Waals surface area contributed by atoms with Gasteiger partial charge in [0.05, 0.1) is 11.0 Å². The van der Waals surface area contributed by atoms with Crippen molar-refractivity contribution in [3.8, 4) is 11.4 Å². The van der Waals surface area contributed by atoms with Gasteiger partial charge in [-0.2, -0.15) is 0 Å². The third-order valence-corrected chi connectivity index (χ3v) is 3.69. The van der Waals surface area contributed by atoms with Crippen LogP contribution in [0.25, 0.3) is 22.4 Å². The maximum absolute atomic E-state index is 5.74. The zero-order valence-electron chi connectivity index (χ0n) is 10.6. The Kier molecular flexibility index (Phi) is 3.03. The van der Waals surface area contributed by atoms with Crippen molar-refractivity contribution in [2.45, 2.75) is 13.5 Å². The molecular weight excluding hydrogens is 302 g/mol. The van der Waals surface area contributed by atoms with E-state index in [-0.39, 0.29) is 0 Å². The first-order chi connectivity index (χ1) is 9.19. The van der Waals surface area contributed by atoms with E-state index in [1.165, 1.54) is 0 Å². The van der Waals surface area contributed by atoms with Crippen LogP contribution in [0.3, 0.4) is 0 Å². The average molecular weight is 316 g/mol. The smallest absolute Gasteiger partial charge is 0.141 e. The molecule has 1 aromatic heterocycles. The van der Waals surface area contributed by atoms with Gasteiger partial charge in [0.25, 0.3) is 0 Å². The van der Waals surface area contributed by atoms with E-state index in [1.54, 1.807) is 0 Å². The van der Waals surface area contributed by atoms with Crippen LogP contribution in [0.1, 0.15) is 6.92 Å². The van der Waals surface area contributed by atoms with Gasteiger partial charge in [-0.15, -0.1) is 0 Å². The molecule has 1 heterocycles. The van der Waals surface area contributed by atoms with Gasteiger partial charge in [0.2, 0.25) is 0 Å². The Morgan fingerprint density at radius 2 is 1.89 bits per heavy atom. The number of nitrogens with two attached hydrogens (primary N) is 1. The van der Waals surface area contributed by atoms with E-state index in [9.17, 15) is 0 Å². The molecule has 0 aliphatic carbocycles. The molecule has 0 unspecified atom stereocenters. The fourth-order valence-corrected chi connectivity index (χ4v) is 2.62. The number of hydrogen-bond donors (Lipinski definition) is 1. The number of rotatable bonds is 2. The summed E-state index contributed by atoms with van der Waals surface area (Å²) in [5.41, 5.74) is 9.75. The summed E-state index contributed by atoms with van der Waals surface area (Å²) in [6.45, 7) is 3.02. The number of aromatic nitrogens is 2. The van der Waals surface area contributed by atoms with Crippen LogP contribution < -0.4 is 5.73 Å². The van der Waals surface area contributed by atoms with Gasteiger partial charge in [-0.3, -0.25) is 0 Å². The normalized spacial score (nSPS) is 11.1. The fraction of sp³-hybridized carbons (Fsp3) is 0.133. The highest BCUT2D eigenvalue weighted by Crippen LogP contribution is 2.27. The van der Waals surface area contributed by atoms with Gasteiger partial charge < -0.3 is 10.3 Å². The number of aryl methyl sites for hydroxylation is 1. The second kappa shape index (κ2) is 4.70. The number of imidazole rings is 1. The lowest BCUT2D eigenvalue weighted by Crippen LogP contribution is -1.97. The molecular formula is C15H14BrN3. The third-order valence-electron chi connectivity index (χ3n) is 3.20. The van der Waals surface area contributed by atoms with Gasteiger partial charge in [0, 0.05) is 22.3 Å². The van der Waals surface area contributed by atoms with Gasteiger partial charge >= 0.3 is 0 Å². The molecule has 0 spiro atoms. The van der Waals surface area contributed by atoms with Gasteiger partial charge in [-0.05, 0) is 49.4 Å². The molecule has 0 atom stereocenters. The van der Waals surface area contributed by atoms with E-state index in [4.69, 9.17) is 10.7 Å². The maximum Gasteiger partial charge on any atom is 0.141 e. The fourth-order valence-electron chi connectivity index (χ4n) is 2.28. The molecule has 0 saturated heterocycles. The second-order valence-electron chi connectivity index (χ2n) is 4.43. The monoisotopic (exact) mass is 315 g/mol. The standard InChI is InChI=1S/C15H14BrN3/c1-2-19-14-8-5-11(16)9-13(14)18-15(19)10-3-6-12(17)7-4-10/h3-9H,2,17H2,1H3. The van der Waals surface area contributed by atoms with Crippen molar-refractivity contribution in [3.05, 3.63) is 46.9 Å². The summed E-state index contributed by atoms with van der Waals surface area (Å²) in [5, 5.41) is 0. The topological polar surface area (TPSA) is 43.8 Å². The van der Waals surface area contributed by atoms with E-state index in [1.807, 2.05) is 36.4 Å². The van der Waals surface area contributed by atoms with Crippen LogP contribution in [-0.2, 0) is 6.54 Å². The molecule has 2 aromatic carbocycles. The first-order valence-electron chi connectivity index (χ1n) is 6.20. The lowest BCUT2D eigenvalue weighted by Gasteiger charge is -2.06. The highest BCUT2D eigenvalue weighted by atomic mass is 79.9. The molecule has 0 aliphatic heterocycles. The molecule has 0 radical (unpaired) electrons. The van der Waals surface area contributed by atoms with Crippen molar-refractivity contribution < 1.29 is 0 Å². The minimum absolute atomic E-state index is 0.769. The molecule has 19 heavy (non-hydrogen) atoms. The van der Waals surface area contributed by atoms with E-state index >= 15 is 0 Å². The van der Waals surface area contributed by atoms with Crippen LogP contribution in [0, 0.1) is 0 Å². The molecule has 2 N–H and O–H groups in total. The zero-order valence-corrected chi connectivity index (χ0v) is 12.2. The molecule has 3 aromatic rings. The van der Waals surface area contributed by atoms with Gasteiger partial charge in [0.15, 0.2) is 0 Å². The summed E-state index contributed by atoms with van der Waals surface area (Å²) in [6.07, 6.45) is 0. The summed E-state index contributed by atoms with van der Waals surface area (Å²) >= 11 is 3.49. The van der Waals surface area contributed by atoms with Crippen LogP contribution in [-0.4, -0.2) is 9.55 Å². The predicted molar refractivity (Wildman–Crippen MR) is 83.0 cm³/mol. The highest BCUT2D eigenvalue weighted by Gasteiger charge is 2.11. The molecule has 4 heteroatoms. The lowest BCUT2D eigenvalue weighted by molar-refractivity contribution is 0.796. The molecule has 3 rings (SSSR count). The van der Waals surface area contributed by atoms with Crippen molar-refractivity contribution in [2.75, 3.05) is 5.73 Å². The van der Waals surface area contributed by atoms with Crippen LogP contribution in [0.5, 0.6) is 0 Å². The maximum atomic E-state index is 5.74. The zero-order chi connectivity index (χ0) is 13.4. The molecule has 0 aliphatic rings. The van der Waals surface area contributed by atoms with Crippen molar-refractivity contribution in [1.29, 1.82) is 0 Å². The number of nitrogens with zero attached hydrogens (tertiary/aromatic N) is 2. The highest BCUT2D eigenvalue weighted by molar-refractivity contribution is 9.10. The van der Waals surface area contributed by atoms with E-state index in [0.29, 0.717) is 0 Å². The second-order valence-corrected chi connectivity index (χ2v) is 5.35. The predicted octanol–water partition coefficient (Wildman–Crippen LogP) is 4.07. The largest absolute Gasteiger partial charge is 0.399 e. The Morgan fingerprint density at radius 3 is 2.58 bits per heavy atom. The minimum atomic E-state index is 0.769. The van der Waals surface area contributed by atoms with Crippen LogP contribution in [0.15, 0.2) is 46.9 Å². The average Bonchev–Trinajstić information content (AvgIpc) is 2.77. The van der Waals surface area contributed by atoms with Gasteiger partial charge in [0.1, 0.15) is 5.82 Å². The molecule has 0 bridgehead atoms. The third kappa shape index (κ3) is 2.12. The van der Waals surface area contributed by atoms with Crippen LogP contribution >= 0.6 is 15.9 Å². The van der Waals surface area contributed by atoms with Crippen LogP contribution in [0.2, 0.25) is 0 Å². The summed E-state index contributed by atoms with van der Waals surface area (Å²) in [6, 6.07) is 14.0. The van der Waals surface area contributed by atoms with Crippen molar-refractivity contribution >= 4 is 32.7 Å². The quantitative estimate of drug-likeness (QED) is 0.724. The van der Waals surface area contributed by atoms with Crippen molar-refractivity contribution in [2.24, 2.45) is 0 Å². The number of halogens is 1. The van der Waals surface area contributed by atoms with E-state index in [0.717, 1.165) is 39.1 Å². The van der Waals surface area contributed by atoms with E-state index in [2.05, 4.69) is 33.5 Å². The van der Waals surface area contributed by atoms with Gasteiger partial charge in [-0.1, -0.05) is 15.9 Å². The van der Waals surface area contributed by atoms with Gasteiger partial charge in [-0.25, -0.2) is 4.98 Å². The van der Waals surface area contributed by atoms with Crippen LogP contribution in [0.4, 0.5) is 5.69 Å². The minimum Gasteiger partial charge on any atom is -0.399 e. The summed E-state index contributed by atoms with van der Waals surface area (Å²) < 4.78 is 3.26. The number of hydrogen-bond acceptors (Lipinski definition) is 2. The first kappa shape index (κ1) is 12.2. The molecule has 3 nitrogen and oxygen atoms in total. The molecule has 0 amide bonds. The molecule has 96 valence electrons. The molecule has 0 saturated carbocycles. The number of benzene rings is 2. The molecule has 0 fully saturated rings. The van der Waals surface area contributed by atoms with E-state index < -0.39 is 0 Å². The Balaban J connectivity index is 2.25. The Bertz CT molecular complexity index is 729. The number of fused-ring (bicyclic) bond motifs is 1. The first-order valence-corrected chi connectivity index (χ1v) is 7.00. The summed E-state index contributed by atoms with van der Waals surface area (Å²) in [4.78, 5) is 4.74. The van der Waals surface area contributed by atoms with Crippen molar-refractivity contribution in [3.63, 3.8) is 0 Å². The summed E-state index contributed by atoms with van der Waals surface area (Å²) in [5.74, 6) is 0.982. The Morgan fingerprint density at radius 1 is 1.16 bits per heavy atom. The summed E-state index contributed by atoms with van der Waals surface area (Å²) in [7, 11) is 0. The Hall–Kier alpha value is -1.81. The SMILES string of the molecule is CCn1c(-c2ccc(N)cc2)nc2cc(Br)ccc21. The Labute approximate surface area is 120 Å². The number of anilines is 1. The number of nitrogen functional groups attached to an aromatic ring is 1. The van der Waals surface area contributed by atoms with Crippen molar-refractivity contribution in [1.82, 2.24) is 9.55 Å². The lowest BCUT2D eigenvalue weighted by atomic mass is 10.2.